The maximum absolute atomic E-state index is 13.9. The molecule has 1 unspecified atom stereocenters. The Labute approximate surface area is 242 Å². The fourth-order valence-electron chi connectivity index (χ4n) is 5.74. The standard InChI is InChI=1S/C32H30N4O4S/c1-21-9-12-24(13-10-21)36-32-29(30(33-36)22-7-3-2-4-8-22)31(23-11-14-25-26(17-23)40-20-39-25)41-19-28(38)35(32)18-27(37)34-15-5-6-16-34/h2-4,7-14,17,31H,5-6,15-16,18-20H2,1H3. The van der Waals surface area contributed by atoms with E-state index >= 15 is 0 Å². The van der Waals surface area contributed by atoms with E-state index in [1.165, 1.54) is 0 Å². The van der Waals surface area contributed by atoms with E-state index in [4.69, 9.17) is 14.6 Å². The fourth-order valence-corrected chi connectivity index (χ4v) is 6.92. The predicted octanol–water partition coefficient (Wildman–Crippen LogP) is 5.37. The summed E-state index contributed by atoms with van der Waals surface area (Å²) in [5.74, 6) is 2.11. The average Bonchev–Trinajstić information content (AvgIpc) is 3.76. The van der Waals surface area contributed by atoms with Gasteiger partial charge in [0.1, 0.15) is 12.4 Å². The predicted molar refractivity (Wildman–Crippen MR) is 159 cm³/mol. The molecule has 3 aliphatic rings. The fraction of sp³-hybridized carbons (Fsp3) is 0.281. The Morgan fingerprint density at radius 2 is 1.73 bits per heavy atom. The molecular weight excluding hydrogens is 536 g/mol. The largest absolute Gasteiger partial charge is 0.454 e. The molecule has 208 valence electrons. The van der Waals surface area contributed by atoms with Gasteiger partial charge in [-0.3, -0.25) is 14.5 Å². The molecule has 1 fully saturated rings. The first-order valence-corrected chi connectivity index (χ1v) is 15.0. The molecule has 0 radical (unpaired) electrons. The molecule has 1 atom stereocenters. The number of hydrogen-bond donors (Lipinski definition) is 0. The van der Waals surface area contributed by atoms with Crippen molar-refractivity contribution in [2.24, 2.45) is 0 Å². The van der Waals surface area contributed by atoms with Crippen molar-refractivity contribution < 1.29 is 19.1 Å². The third-order valence-electron chi connectivity index (χ3n) is 7.87. The molecule has 1 aromatic heterocycles. The quantitative estimate of drug-likeness (QED) is 0.323. The lowest BCUT2D eigenvalue weighted by Crippen LogP contribution is -2.43. The molecule has 0 N–H and O–H groups in total. The van der Waals surface area contributed by atoms with Gasteiger partial charge in [-0.2, -0.15) is 5.10 Å². The third kappa shape index (κ3) is 4.74. The van der Waals surface area contributed by atoms with Crippen LogP contribution in [0.4, 0.5) is 5.82 Å². The van der Waals surface area contributed by atoms with Crippen LogP contribution >= 0.6 is 11.8 Å². The molecule has 41 heavy (non-hydrogen) atoms. The van der Waals surface area contributed by atoms with E-state index in [1.54, 1.807) is 16.7 Å². The smallest absolute Gasteiger partial charge is 0.242 e. The summed E-state index contributed by atoms with van der Waals surface area (Å²) in [6.45, 7) is 3.67. The molecule has 9 heteroatoms. The van der Waals surface area contributed by atoms with E-state index < -0.39 is 0 Å². The van der Waals surface area contributed by atoms with Crippen LogP contribution in [0.2, 0.25) is 0 Å². The van der Waals surface area contributed by atoms with Crippen LogP contribution in [0.15, 0.2) is 72.8 Å². The summed E-state index contributed by atoms with van der Waals surface area (Å²) in [6, 6.07) is 24.1. The van der Waals surface area contributed by atoms with Crippen molar-refractivity contribution in [3.8, 4) is 28.4 Å². The van der Waals surface area contributed by atoms with Crippen LogP contribution in [0.3, 0.4) is 0 Å². The van der Waals surface area contributed by atoms with Gasteiger partial charge >= 0.3 is 0 Å². The third-order valence-corrected chi connectivity index (χ3v) is 9.12. The maximum atomic E-state index is 13.9. The summed E-state index contributed by atoms with van der Waals surface area (Å²) in [6.07, 6.45) is 1.98. The summed E-state index contributed by atoms with van der Waals surface area (Å²) in [7, 11) is 0. The van der Waals surface area contributed by atoms with Gasteiger partial charge in [-0.15, -0.1) is 11.8 Å². The zero-order valence-corrected chi connectivity index (χ0v) is 23.6. The molecule has 4 aromatic rings. The van der Waals surface area contributed by atoms with E-state index in [2.05, 4.69) is 0 Å². The van der Waals surface area contributed by atoms with Gasteiger partial charge in [0.15, 0.2) is 11.5 Å². The highest BCUT2D eigenvalue weighted by Gasteiger charge is 2.38. The minimum Gasteiger partial charge on any atom is -0.454 e. The number of hydrogen-bond acceptors (Lipinski definition) is 6. The van der Waals surface area contributed by atoms with Crippen LogP contribution in [0.25, 0.3) is 16.9 Å². The number of aromatic nitrogens is 2. The molecule has 0 saturated carbocycles. The van der Waals surface area contributed by atoms with Crippen molar-refractivity contribution in [3.05, 3.63) is 89.5 Å². The van der Waals surface area contributed by atoms with Crippen molar-refractivity contribution in [2.45, 2.75) is 25.0 Å². The summed E-state index contributed by atoms with van der Waals surface area (Å²) in [5.41, 5.74) is 5.58. The maximum Gasteiger partial charge on any atom is 0.242 e. The van der Waals surface area contributed by atoms with Crippen LogP contribution in [0.1, 0.15) is 34.8 Å². The molecule has 0 spiro atoms. The van der Waals surface area contributed by atoms with Crippen molar-refractivity contribution in [1.82, 2.24) is 14.7 Å². The number of rotatable bonds is 5. The number of ether oxygens (including phenoxy) is 2. The molecule has 7 rings (SSSR count). The van der Waals surface area contributed by atoms with E-state index in [0.717, 1.165) is 59.6 Å². The minimum atomic E-state index is -0.232. The number of carbonyl (C=O) groups excluding carboxylic acids is 2. The van der Waals surface area contributed by atoms with Crippen LogP contribution in [-0.4, -0.2) is 58.7 Å². The van der Waals surface area contributed by atoms with Gasteiger partial charge in [-0.25, -0.2) is 4.68 Å². The molecule has 4 heterocycles. The number of anilines is 1. The van der Waals surface area contributed by atoms with E-state index in [9.17, 15) is 9.59 Å². The molecule has 2 amide bonds. The Hall–Kier alpha value is -4.24. The van der Waals surface area contributed by atoms with Crippen molar-refractivity contribution in [3.63, 3.8) is 0 Å². The second kappa shape index (κ2) is 10.6. The van der Waals surface area contributed by atoms with Gasteiger partial charge in [0.2, 0.25) is 18.6 Å². The number of benzene rings is 3. The second-order valence-electron chi connectivity index (χ2n) is 10.6. The lowest BCUT2D eigenvalue weighted by atomic mass is 9.99. The number of fused-ring (bicyclic) bond motifs is 2. The zero-order valence-electron chi connectivity index (χ0n) is 22.8. The van der Waals surface area contributed by atoms with E-state index in [0.29, 0.717) is 17.3 Å². The Kier molecular flexibility index (Phi) is 6.66. The molecule has 1 saturated heterocycles. The second-order valence-corrected chi connectivity index (χ2v) is 11.7. The molecular formula is C32H30N4O4S. The number of thioether (sulfide) groups is 1. The van der Waals surface area contributed by atoms with Gasteiger partial charge in [0, 0.05) is 24.2 Å². The first-order valence-electron chi connectivity index (χ1n) is 13.9. The molecule has 3 aromatic carbocycles. The number of aryl methyl sites for hydroxylation is 1. The van der Waals surface area contributed by atoms with Gasteiger partial charge in [0.05, 0.1) is 22.4 Å². The van der Waals surface area contributed by atoms with Crippen molar-refractivity contribution in [2.75, 3.05) is 37.1 Å². The molecule has 0 aliphatic carbocycles. The number of nitrogens with zero attached hydrogens (tertiary/aromatic N) is 4. The first-order chi connectivity index (χ1) is 20.1. The summed E-state index contributed by atoms with van der Waals surface area (Å²) in [5, 5.41) is 4.94. The van der Waals surface area contributed by atoms with Crippen LogP contribution in [0.5, 0.6) is 11.5 Å². The highest BCUT2D eigenvalue weighted by molar-refractivity contribution is 8.00. The van der Waals surface area contributed by atoms with Gasteiger partial charge < -0.3 is 14.4 Å². The normalized spacial score (nSPS) is 18.0. The number of likely N-dealkylation sites (tertiary alicyclic amines) is 1. The molecule has 3 aliphatic heterocycles. The minimum absolute atomic E-state index is 0.0218. The first kappa shape index (κ1) is 25.7. The average molecular weight is 567 g/mol. The summed E-state index contributed by atoms with van der Waals surface area (Å²) < 4.78 is 13.1. The van der Waals surface area contributed by atoms with Crippen LogP contribution in [-0.2, 0) is 9.59 Å². The van der Waals surface area contributed by atoms with Crippen LogP contribution in [0, 0.1) is 6.92 Å². The van der Waals surface area contributed by atoms with E-state index in [1.807, 2.05) is 89.3 Å². The Bertz CT molecular complexity index is 1610. The Morgan fingerprint density at radius 3 is 2.51 bits per heavy atom. The van der Waals surface area contributed by atoms with Gasteiger partial charge in [-0.1, -0.05) is 54.1 Å². The summed E-state index contributed by atoms with van der Waals surface area (Å²) in [4.78, 5) is 30.9. The Morgan fingerprint density at radius 1 is 0.976 bits per heavy atom. The van der Waals surface area contributed by atoms with Crippen molar-refractivity contribution in [1.29, 1.82) is 0 Å². The number of amides is 2. The molecule has 8 nitrogen and oxygen atoms in total. The van der Waals surface area contributed by atoms with E-state index in [-0.39, 0.29) is 36.2 Å². The summed E-state index contributed by atoms with van der Waals surface area (Å²) >= 11 is 1.55. The highest BCUT2D eigenvalue weighted by atomic mass is 32.2. The van der Waals surface area contributed by atoms with Gasteiger partial charge in [-0.05, 0) is 49.6 Å². The Balaban J connectivity index is 1.46. The zero-order chi connectivity index (χ0) is 27.9. The topological polar surface area (TPSA) is 76.9 Å². The SMILES string of the molecule is Cc1ccc(-n2nc(-c3ccccc3)c3c2N(CC(=O)N2CCCC2)C(=O)CSC3c2ccc3c(c2)OCO3)cc1. The van der Waals surface area contributed by atoms with Crippen molar-refractivity contribution >= 4 is 29.4 Å². The van der Waals surface area contributed by atoms with Crippen LogP contribution < -0.4 is 14.4 Å². The lowest BCUT2D eigenvalue weighted by Gasteiger charge is -2.25. The molecule has 0 bridgehead atoms. The monoisotopic (exact) mass is 566 g/mol. The van der Waals surface area contributed by atoms with Gasteiger partial charge in [0.25, 0.3) is 0 Å². The number of carbonyl (C=O) groups is 2. The lowest BCUT2D eigenvalue weighted by molar-refractivity contribution is -0.130. The highest BCUT2D eigenvalue weighted by Crippen LogP contribution is 2.50.